The molecule has 0 unspecified atom stereocenters. The number of nitrogens with zero attached hydrogens (tertiary/aromatic N) is 2. The summed E-state index contributed by atoms with van der Waals surface area (Å²) in [5.41, 5.74) is 11.0. The average molecular weight is 680 g/mol. The average Bonchev–Trinajstić information content (AvgIpc) is 3.88. The first kappa shape index (κ1) is 28.9. The van der Waals surface area contributed by atoms with E-state index in [0.29, 0.717) is 0 Å². The van der Waals surface area contributed by atoms with Crippen molar-refractivity contribution < 1.29 is 0 Å². The van der Waals surface area contributed by atoms with Crippen LogP contribution in [0.5, 0.6) is 0 Å². The lowest BCUT2D eigenvalue weighted by atomic mass is 9.91. The molecule has 50 heavy (non-hydrogen) atoms. The van der Waals surface area contributed by atoms with Gasteiger partial charge in [0.1, 0.15) is 16.1 Å². The number of hydrogen-bond acceptors (Lipinski definition) is 3. The van der Waals surface area contributed by atoms with E-state index in [4.69, 9.17) is 0 Å². The Morgan fingerprint density at radius 2 is 0.820 bits per heavy atom. The van der Waals surface area contributed by atoms with Gasteiger partial charge in [0.25, 0.3) is 0 Å². The van der Waals surface area contributed by atoms with Gasteiger partial charge in [-0.25, -0.2) is 0 Å². The summed E-state index contributed by atoms with van der Waals surface area (Å²) in [6.45, 7) is 0.790. The van der Waals surface area contributed by atoms with Gasteiger partial charge in [0, 0.05) is 51.2 Å². The topological polar surface area (TPSA) is 18.5 Å². The normalized spacial score (nSPS) is 18.8. The highest BCUT2D eigenvalue weighted by Crippen LogP contribution is 2.53. The van der Waals surface area contributed by atoms with Crippen LogP contribution in [0.3, 0.4) is 0 Å². The van der Waals surface area contributed by atoms with Crippen LogP contribution in [0, 0.1) is 0 Å². The first-order valence-corrected chi connectivity index (χ1v) is 23.6. The van der Waals surface area contributed by atoms with Crippen LogP contribution in [0.2, 0.25) is 24.2 Å². The van der Waals surface area contributed by atoms with E-state index in [1.807, 2.05) is 0 Å². The fraction of sp³-hybridized carbons (Fsp3) is 0.200. The molecule has 0 amide bonds. The molecule has 0 aliphatic carbocycles. The minimum atomic E-state index is -1.85. The second kappa shape index (κ2) is 10.8. The van der Waals surface area contributed by atoms with E-state index in [-0.39, 0.29) is 0 Å². The van der Waals surface area contributed by atoms with Crippen LogP contribution in [0.25, 0.3) is 16.8 Å². The Morgan fingerprint density at radius 3 is 1.28 bits per heavy atom. The van der Waals surface area contributed by atoms with Crippen molar-refractivity contribution >= 4 is 87.9 Å². The molecule has 6 aromatic rings. The Kier molecular flexibility index (Phi) is 6.27. The lowest BCUT2D eigenvalue weighted by Gasteiger charge is -2.45. The Hall–Kier alpha value is -4.85. The molecule has 5 aliphatic heterocycles. The highest BCUT2D eigenvalue weighted by Gasteiger charge is 2.49. The van der Waals surface area contributed by atoms with Crippen molar-refractivity contribution in [1.82, 2.24) is 5.32 Å². The van der Waals surface area contributed by atoms with Crippen LogP contribution in [-0.4, -0.2) is 16.1 Å². The van der Waals surface area contributed by atoms with Crippen LogP contribution in [0.1, 0.15) is 36.8 Å². The molecule has 0 aromatic heterocycles. The van der Waals surface area contributed by atoms with Crippen molar-refractivity contribution in [2.45, 2.75) is 56.4 Å². The molecule has 5 heteroatoms. The minimum absolute atomic E-state index is 0.790. The first-order chi connectivity index (χ1) is 24.8. The zero-order valence-electron chi connectivity index (χ0n) is 28.5. The summed E-state index contributed by atoms with van der Waals surface area (Å²) in [6, 6.07) is 52.6. The summed E-state index contributed by atoms with van der Waals surface area (Å²) >= 11 is 0. The molecule has 0 radical (unpaired) electrons. The predicted molar refractivity (Wildman–Crippen MR) is 217 cm³/mol. The largest absolute Gasteiger partial charge is 0.387 e. The molecule has 3 nitrogen and oxygen atoms in total. The number of anilines is 6. The molecule has 0 saturated carbocycles. The molecule has 5 aliphatic rings. The third-order valence-electron chi connectivity index (χ3n) is 13.0. The molecule has 2 saturated heterocycles. The quantitative estimate of drug-likeness (QED) is 0.184. The lowest BCUT2D eigenvalue weighted by molar-refractivity contribution is 0.859. The highest BCUT2D eigenvalue weighted by molar-refractivity contribution is 7.05. The summed E-state index contributed by atoms with van der Waals surface area (Å²) < 4.78 is 0. The molecule has 0 atom stereocenters. The molecule has 0 bridgehead atoms. The van der Waals surface area contributed by atoms with Crippen LogP contribution in [0.4, 0.5) is 34.1 Å². The number of nitrogens with one attached hydrogen (secondary N) is 1. The van der Waals surface area contributed by atoms with Crippen LogP contribution in [0.15, 0.2) is 128 Å². The predicted octanol–water partition coefficient (Wildman–Crippen LogP) is 9.19. The van der Waals surface area contributed by atoms with Gasteiger partial charge in [-0.2, -0.15) is 0 Å². The smallest absolute Gasteiger partial charge is 0.123 e. The van der Waals surface area contributed by atoms with Gasteiger partial charge >= 0.3 is 0 Å². The summed E-state index contributed by atoms with van der Waals surface area (Å²) in [5.74, 6) is 0. The van der Waals surface area contributed by atoms with Gasteiger partial charge in [-0.3, -0.25) is 0 Å². The molecular formula is C45H41N3Si2. The first-order valence-electron chi connectivity index (χ1n) is 18.8. The number of para-hydroxylation sites is 4. The summed E-state index contributed by atoms with van der Waals surface area (Å²) in [4.78, 5) is 5.34. The molecule has 2 fully saturated rings. The molecule has 2 spiro atoms. The Bertz CT molecular complexity index is 2280. The highest BCUT2D eigenvalue weighted by atomic mass is 28.3. The van der Waals surface area contributed by atoms with Gasteiger partial charge in [-0.05, 0) is 81.5 Å². The summed E-state index contributed by atoms with van der Waals surface area (Å²) in [7, 11) is -3.70. The number of fused-ring (bicyclic) bond motifs is 10. The molecular weight excluding hydrogens is 639 g/mol. The SMILES string of the molecule is C1=Cc2c(c(N3c4ccccc4[Si]4(CCCC4)c4ccccc43)c3ccccc3c2N2c3ccccc3[Si]3(CCCC3)c3ccccc32)CN1. The third kappa shape index (κ3) is 3.74. The molecule has 244 valence electrons. The van der Waals surface area contributed by atoms with Crippen molar-refractivity contribution in [2.24, 2.45) is 0 Å². The summed E-state index contributed by atoms with van der Waals surface area (Å²) in [6.07, 6.45) is 9.93. The van der Waals surface area contributed by atoms with Crippen molar-refractivity contribution in [3.8, 4) is 0 Å². The van der Waals surface area contributed by atoms with E-state index in [9.17, 15) is 0 Å². The van der Waals surface area contributed by atoms with Crippen LogP contribution < -0.4 is 35.9 Å². The van der Waals surface area contributed by atoms with E-state index < -0.39 is 16.1 Å². The van der Waals surface area contributed by atoms with Crippen molar-refractivity contribution in [3.63, 3.8) is 0 Å². The Labute approximate surface area is 296 Å². The van der Waals surface area contributed by atoms with E-state index in [1.165, 1.54) is 106 Å². The maximum Gasteiger partial charge on any atom is 0.123 e. The molecule has 11 rings (SSSR count). The maximum atomic E-state index is 3.68. The molecule has 5 heterocycles. The van der Waals surface area contributed by atoms with Gasteiger partial charge in [0.05, 0.1) is 11.4 Å². The number of hydrogen-bond donors (Lipinski definition) is 1. The van der Waals surface area contributed by atoms with Gasteiger partial charge in [-0.15, -0.1) is 0 Å². The van der Waals surface area contributed by atoms with E-state index in [2.05, 4.69) is 149 Å². The third-order valence-corrected chi connectivity index (χ3v) is 23.6. The van der Waals surface area contributed by atoms with Gasteiger partial charge < -0.3 is 15.1 Å². The molecule has 6 aromatic carbocycles. The van der Waals surface area contributed by atoms with E-state index in [0.717, 1.165) is 6.54 Å². The lowest BCUT2D eigenvalue weighted by Crippen LogP contribution is -2.61. The Morgan fingerprint density at radius 1 is 0.440 bits per heavy atom. The van der Waals surface area contributed by atoms with Crippen molar-refractivity contribution in [3.05, 3.63) is 139 Å². The van der Waals surface area contributed by atoms with E-state index >= 15 is 0 Å². The van der Waals surface area contributed by atoms with Crippen LogP contribution in [-0.2, 0) is 6.54 Å². The number of benzene rings is 6. The second-order valence-electron chi connectivity index (χ2n) is 15.2. The standard InChI is InChI=1S/C45H41N3Si2/c1-2-16-33-32(15-1)44(47-36-17-3-7-21-40(36)49(27-11-12-28-49)41-22-8-4-18-37(41)47)34-25-26-46-31-35(34)45(33)48-38-19-5-9-23-42(38)50(29-13-14-30-50)43-24-10-6-20-39(43)48/h1-10,15-26,46H,11-14,27-31H2. The van der Waals surface area contributed by atoms with E-state index in [1.54, 1.807) is 20.7 Å². The fourth-order valence-corrected chi connectivity index (χ4v) is 22.0. The monoisotopic (exact) mass is 679 g/mol. The van der Waals surface area contributed by atoms with Crippen LogP contribution >= 0.6 is 0 Å². The fourth-order valence-electron chi connectivity index (χ4n) is 11.0. The zero-order valence-corrected chi connectivity index (χ0v) is 30.5. The van der Waals surface area contributed by atoms with Crippen molar-refractivity contribution in [1.29, 1.82) is 0 Å². The Balaban J connectivity index is 1.23. The second-order valence-corrected chi connectivity index (χ2v) is 23.7. The number of rotatable bonds is 2. The van der Waals surface area contributed by atoms with Gasteiger partial charge in [0.2, 0.25) is 0 Å². The zero-order chi connectivity index (χ0) is 32.9. The minimum Gasteiger partial charge on any atom is -0.387 e. The van der Waals surface area contributed by atoms with Gasteiger partial charge in [-0.1, -0.05) is 123 Å². The summed E-state index contributed by atoms with van der Waals surface area (Å²) in [5, 5.41) is 12.8. The maximum absolute atomic E-state index is 3.68. The van der Waals surface area contributed by atoms with Gasteiger partial charge in [0.15, 0.2) is 0 Å². The van der Waals surface area contributed by atoms with Crippen molar-refractivity contribution in [2.75, 3.05) is 9.80 Å². The molecule has 1 N–H and O–H groups in total.